The van der Waals surface area contributed by atoms with Gasteiger partial charge >= 0.3 is 0 Å². The summed E-state index contributed by atoms with van der Waals surface area (Å²) < 4.78 is 7.43. The van der Waals surface area contributed by atoms with Crippen LogP contribution in [0.1, 0.15) is 5.82 Å². The van der Waals surface area contributed by atoms with Crippen LogP contribution in [0.2, 0.25) is 0 Å². The fourth-order valence-electron chi connectivity index (χ4n) is 3.51. The van der Waals surface area contributed by atoms with Crippen molar-refractivity contribution < 1.29 is 4.74 Å². The van der Waals surface area contributed by atoms with Gasteiger partial charge in [0.05, 0.1) is 16.6 Å². The van der Waals surface area contributed by atoms with Gasteiger partial charge in [-0.2, -0.15) is 5.10 Å². The van der Waals surface area contributed by atoms with Gasteiger partial charge in [-0.25, -0.2) is 4.98 Å². The second-order valence-electron chi connectivity index (χ2n) is 7.11. The van der Waals surface area contributed by atoms with Crippen LogP contribution in [0.4, 0.5) is 0 Å². The van der Waals surface area contributed by atoms with E-state index in [0.717, 1.165) is 22.4 Å². The number of benzene rings is 2. The number of para-hydroxylation sites is 1. The standard InChI is InChI=1S/C24H19N5O2/c1-29-22(27-21-5-3-2-4-19(21)24(29)30)15-31-18-8-6-17(7-9-18)23-20(14-26-28-23)16-10-12-25-13-11-16/h2-14H,15H2,1H3,(H,26,28). The fourth-order valence-corrected chi connectivity index (χ4v) is 3.51. The zero-order chi connectivity index (χ0) is 21.2. The van der Waals surface area contributed by atoms with E-state index in [1.165, 1.54) is 4.57 Å². The molecule has 0 fully saturated rings. The van der Waals surface area contributed by atoms with E-state index in [2.05, 4.69) is 20.2 Å². The van der Waals surface area contributed by atoms with Crippen LogP contribution < -0.4 is 10.3 Å². The molecule has 152 valence electrons. The molecule has 0 aliphatic rings. The van der Waals surface area contributed by atoms with E-state index in [1.54, 1.807) is 25.5 Å². The number of nitrogens with zero attached hydrogens (tertiary/aromatic N) is 4. The van der Waals surface area contributed by atoms with E-state index in [9.17, 15) is 4.79 Å². The molecule has 0 amide bonds. The van der Waals surface area contributed by atoms with Crippen LogP contribution in [-0.4, -0.2) is 24.7 Å². The van der Waals surface area contributed by atoms with Gasteiger partial charge in [0.2, 0.25) is 0 Å². The number of pyridine rings is 1. The number of rotatable bonds is 5. The molecule has 5 rings (SSSR count). The average Bonchev–Trinajstić information content (AvgIpc) is 3.31. The van der Waals surface area contributed by atoms with Gasteiger partial charge in [-0.15, -0.1) is 0 Å². The molecule has 0 saturated carbocycles. The lowest BCUT2D eigenvalue weighted by atomic mass is 10.0. The van der Waals surface area contributed by atoms with E-state index in [-0.39, 0.29) is 12.2 Å². The van der Waals surface area contributed by atoms with Crippen LogP contribution in [0.3, 0.4) is 0 Å². The van der Waals surface area contributed by atoms with Crippen LogP contribution in [0.5, 0.6) is 5.75 Å². The van der Waals surface area contributed by atoms with Crippen LogP contribution in [0, 0.1) is 0 Å². The maximum absolute atomic E-state index is 12.5. The van der Waals surface area contributed by atoms with Gasteiger partial charge in [-0.05, 0) is 54.1 Å². The molecule has 31 heavy (non-hydrogen) atoms. The molecular weight excluding hydrogens is 390 g/mol. The molecule has 1 N–H and O–H groups in total. The Morgan fingerprint density at radius 1 is 0.968 bits per heavy atom. The zero-order valence-corrected chi connectivity index (χ0v) is 16.8. The SMILES string of the molecule is Cn1c(COc2ccc(-c3n[nH]cc3-c3ccncc3)cc2)nc2ccccc2c1=O. The smallest absolute Gasteiger partial charge is 0.261 e. The molecule has 3 aromatic heterocycles. The van der Waals surface area contributed by atoms with Gasteiger partial charge in [-0.1, -0.05) is 12.1 Å². The molecule has 2 aromatic carbocycles. The first-order valence-corrected chi connectivity index (χ1v) is 9.83. The quantitative estimate of drug-likeness (QED) is 0.475. The van der Waals surface area contributed by atoms with Gasteiger partial charge in [0.15, 0.2) is 0 Å². The van der Waals surface area contributed by atoms with Crippen LogP contribution >= 0.6 is 0 Å². The third-order valence-corrected chi connectivity index (χ3v) is 5.20. The number of aromatic amines is 1. The predicted octanol–water partition coefficient (Wildman–Crippen LogP) is 3.96. The number of ether oxygens (including phenoxy) is 1. The van der Waals surface area contributed by atoms with Crippen LogP contribution in [0.25, 0.3) is 33.3 Å². The molecular formula is C24H19N5O2. The lowest BCUT2D eigenvalue weighted by molar-refractivity contribution is 0.290. The summed E-state index contributed by atoms with van der Waals surface area (Å²) in [7, 11) is 1.71. The molecule has 0 unspecified atom stereocenters. The van der Waals surface area contributed by atoms with E-state index < -0.39 is 0 Å². The van der Waals surface area contributed by atoms with E-state index in [1.807, 2.05) is 60.8 Å². The monoisotopic (exact) mass is 409 g/mol. The highest BCUT2D eigenvalue weighted by molar-refractivity contribution is 5.80. The Kier molecular flexibility index (Phi) is 4.76. The van der Waals surface area contributed by atoms with E-state index >= 15 is 0 Å². The molecule has 7 heteroatoms. The highest BCUT2D eigenvalue weighted by atomic mass is 16.5. The first kappa shape index (κ1) is 18.7. The van der Waals surface area contributed by atoms with E-state index in [4.69, 9.17) is 4.74 Å². The number of hydrogen-bond acceptors (Lipinski definition) is 5. The number of hydrogen-bond donors (Lipinski definition) is 1. The second kappa shape index (κ2) is 7.87. The molecule has 0 radical (unpaired) electrons. The third-order valence-electron chi connectivity index (χ3n) is 5.20. The number of H-pyrrole nitrogens is 1. The van der Waals surface area contributed by atoms with Gasteiger partial charge in [0.25, 0.3) is 5.56 Å². The van der Waals surface area contributed by atoms with Gasteiger partial charge < -0.3 is 4.74 Å². The summed E-state index contributed by atoms with van der Waals surface area (Å²) in [6, 6.07) is 18.9. The van der Waals surface area contributed by atoms with Crippen molar-refractivity contribution in [1.82, 2.24) is 24.7 Å². The molecule has 3 heterocycles. The van der Waals surface area contributed by atoms with Crippen molar-refractivity contribution in [2.75, 3.05) is 0 Å². The van der Waals surface area contributed by atoms with Crippen molar-refractivity contribution in [3.8, 4) is 28.1 Å². The topological polar surface area (TPSA) is 85.7 Å². The Labute approximate surface area is 178 Å². The minimum absolute atomic E-state index is 0.0817. The minimum atomic E-state index is -0.0817. The Balaban J connectivity index is 1.37. The summed E-state index contributed by atoms with van der Waals surface area (Å²) in [4.78, 5) is 21.2. The minimum Gasteiger partial charge on any atom is -0.486 e. The van der Waals surface area contributed by atoms with Crippen LogP contribution in [-0.2, 0) is 13.7 Å². The summed E-state index contributed by atoms with van der Waals surface area (Å²) in [5.74, 6) is 1.26. The molecule has 0 aliphatic carbocycles. The lowest BCUT2D eigenvalue weighted by Gasteiger charge is -2.11. The van der Waals surface area contributed by atoms with Crippen molar-refractivity contribution in [2.24, 2.45) is 7.05 Å². The molecule has 0 spiro atoms. The molecule has 0 atom stereocenters. The van der Waals surface area contributed by atoms with Crippen molar-refractivity contribution in [3.05, 3.63) is 95.4 Å². The highest BCUT2D eigenvalue weighted by Gasteiger charge is 2.11. The molecule has 0 saturated heterocycles. The summed E-state index contributed by atoms with van der Waals surface area (Å²) in [5.41, 5.74) is 4.46. The lowest BCUT2D eigenvalue weighted by Crippen LogP contribution is -2.23. The Morgan fingerprint density at radius 3 is 2.55 bits per heavy atom. The number of aromatic nitrogens is 5. The summed E-state index contributed by atoms with van der Waals surface area (Å²) >= 11 is 0. The van der Waals surface area contributed by atoms with Gasteiger partial charge in [-0.3, -0.25) is 19.4 Å². The maximum atomic E-state index is 12.5. The summed E-state index contributed by atoms with van der Waals surface area (Å²) in [6.45, 7) is 0.195. The number of fused-ring (bicyclic) bond motifs is 1. The first-order valence-electron chi connectivity index (χ1n) is 9.83. The second-order valence-corrected chi connectivity index (χ2v) is 7.11. The first-order chi connectivity index (χ1) is 15.2. The largest absolute Gasteiger partial charge is 0.486 e. The van der Waals surface area contributed by atoms with Gasteiger partial charge in [0, 0.05) is 36.8 Å². The zero-order valence-electron chi connectivity index (χ0n) is 16.8. The van der Waals surface area contributed by atoms with Gasteiger partial charge in [0.1, 0.15) is 18.2 Å². The molecule has 0 aliphatic heterocycles. The summed E-state index contributed by atoms with van der Waals surface area (Å²) in [6.07, 6.45) is 5.40. The Morgan fingerprint density at radius 2 is 1.74 bits per heavy atom. The highest BCUT2D eigenvalue weighted by Crippen LogP contribution is 2.30. The normalized spacial score (nSPS) is 11.0. The van der Waals surface area contributed by atoms with Crippen LogP contribution in [0.15, 0.2) is 84.0 Å². The van der Waals surface area contributed by atoms with Crippen molar-refractivity contribution >= 4 is 10.9 Å². The third kappa shape index (κ3) is 3.57. The summed E-state index contributed by atoms with van der Waals surface area (Å²) in [5, 5.41) is 7.94. The number of nitrogens with one attached hydrogen (secondary N) is 1. The predicted molar refractivity (Wildman–Crippen MR) is 119 cm³/mol. The average molecular weight is 409 g/mol. The van der Waals surface area contributed by atoms with Crippen molar-refractivity contribution in [1.29, 1.82) is 0 Å². The Hall–Kier alpha value is -4.26. The van der Waals surface area contributed by atoms with Crippen molar-refractivity contribution in [2.45, 2.75) is 6.61 Å². The van der Waals surface area contributed by atoms with E-state index in [0.29, 0.717) is 22.5 Å². The maximum Gasteiger partial charge on any atom is 0.261 e. The Bertz CT molecular complexity index is 1410. The van der Waals surface area contributed by atoms with Crippen molar-refractivity contribution in [3.63, 3.8) is 0 Å². The molecule has 5 aromatic rings. The molecule has 0 bridgehead atoms. The fraction of sp³-hybridized carbons (Fsp3) is 0.0833. The molecule has 7 nitrogen and oxygen atoms in total.